The SMILES string of the molecule is Cc1c(O)c(O)c2c([nH]c3ccccc32)c1C. The molecule has 1 heterocycles. The quantitative estimate of drug-likeness (QED) is 0.516. The second kappa shape index (κ2) is 3.17. The van der Waals surface area contributed by atoms with E-state index in [1.807, 2.05) is 31.2 Å². The lowest BCUT2D eigenvalue weighted by atomic mass is 10.0. The molecule has 2 aromatic carbocycles. The molecular weight excluding hydrogens is 214 g/mol. The summed E-state index contributed by atoms with van der Waals surface area (Å²) in [6, 6.07) is 7.75. The van der Waals surface area contributed by atoms with Crippen LogP contribution in [0.2, 0.25) is 0 Å². The van der Waals surface area contributed by atoms with Gasteiger partial charge in [-0.25, -0.2) is 0 Å². The predicted molar refractivity (Wildman–Crippen MR) is 68.6 cm³/mol. The molecule has 0 unspecified atom stereocenters. The summed E-state index contributed by atoms with van der Waals surface area (Å²) in [5.41, 5.74) is 3.53. The molecule has 0 aliphatic carbocycles. The van der Waals surface area contributed by atoms with Gasteiger partial charge in [-0.15, -0.1) is 0 Å². The van der Waals surface area contributed by atoms with Crippen LogP contribution in [0.1, 0.15) is 11.1 Å². The van der Waals surface area contributed by atoms with Crippen LogP contribution < -0.4 is 0 Å². The van der Waals surface area contributed by atoms with E-state index in [2.05, 4.69) is 4.98 Å². The number of aromatic amines is 1. The van der Waals surface area contributed by atoms with Gasteiger partial charge in [-0.2, -0.15) is 0 Å². The van der Waals surface area contributed by atoms with Crippen LogP contribution in [0.3, 0.4) is 0 Å². The zero-order chi connectivity index (χ0) is 12.2. The zero-order valence-corrected chi connectivity index (χ0v) is 9.70. The average molecular weight is 227 g/mol. The summed E-state index contributed by atoms with van der Waals surface area (Å²) in [6.45, 7) is 3.74. The standard InChI is InChI=1S/C14H13NO2/c1-7-8(2)13(16)14(17)11-9-5-3-4-6-10(9)15-12(7)11/h3-6,15-17H,1-2H3. The first-order valence-electron chi connectivity index (χ1n) is 5.52. The maximum atomic E-state index is 10.1. The highest BCUT2D eigenvalue weighted by Gasteiger charge is 2.17. The molecular formula is C14H13NO2. The Labute approximate surface area is 98.3 Å². The number of H-pyrrole nitrogens is 1. The van der Waals surface area contributed by atoms with Gasteiger partial charge in [0.15, 0.2) is 11.5 Å². The predicted octanol–water partition coefficient (Wildman–Crippen LogP) is 3.35. The van der Waals surface area contributed by atoms with Gasteiger partial charge in [0, 0.05) is 10.9 Å². The van der Waals surface area contributed by atoms with E-state index in [9.17, 15) is 10.2 Å². The summed E-state index contributed by atoms with van der Waals surface area (Å²) in [6.07, 6.45) is 0. The Morgan fingerprint density at radius 3 is 2.41 bits per heavy atom. The normalized spacial score (nSPS) is 11.4. The largest absolute Gasteiger partial charge is 0.504 e. The number of hydrogen-bond donors (Lipinski definition) is 3. The van der Waals surface area contributed by atoms with E-state index >= 15 is 0 Å². The van der Waals surface area contributed by atoms with Gasteiger partial charge in [0.2, 0.25) is 0 Å². The highest BCUT2D eigenvalue weighted by molar-refractivity contribution is 6.12. The Morgan fingerprint density at radius 2 is 1.65 bits per heavy atom. The first-order chi connectivity index (χ1) is 8.11. The molecule has 0 aliphatic rings. The Balaban J connectivity index is 2.67. The van der Waals surface area contributed by atoms with Crippen molar-refractivity contribution in [3.05, 3.63) is 35.4 Å². The van der Waals surface area contributed by atoms with E-state index in [4.69, 9.17) is 0 Å². The number of aromatic hydroxyl groups is 2. The minimum Gasteiger partial charge on any atom is -0.504 e. The number of benzene rings is 2. The summed E-state index contributed by atoms with van der Waals surface area (Å²) < 4.78 is 0. The molecule has 0 bridgehead atoms. The van der Waals surface area contributed by atoms with Gasteiger partial charge >= 0.3 is 0 Å². The Kier molecular flexibility index (Phi) is 1.87. The van der Waals surface area contributed by atoms with Gasteiger partial charge in [-0.3, -0.25) is 0 Å². The van der Waals surface area contributed by atoms with Crippen LogP contribution in [-0.2, 0) is 0 Å². The minimum atomic E-state index is -0.0412. The number of para-hydroxylation sites is 1. The second-order valence-electron chi connectivity index (χ2n) is 4.37. The molecule has 0 saturated carbocycles. The first kappa shape index (κ1) is 10.0. The van der Waals surface area contributed by atoms with E-state index in [0.717, 1.165) is 22.0 Å². The molecule has 17 heavy (non-hydrogen) atoms. The van der Waals surface area contributed by atoms with Gasteiger partial charge in [0.25, 0.3) is 0 Å². The van der Waals surface area contributed by atoms with Crippen molar-refractivity contribution in [1.29, 1.82) is 0 Å². The summed E-state index contributed by atoms with van der Waals surface area (Å²) in [7, 11) is 0. The number of aryl methyl sites for hydroxylation is 1. The lowest BCUT2D eigenvalue weighted by Gasteiger charge is -2.07. The van der Waals surface area contributed by atoms with Gasteiger partial charge in [-0.1, -0.05) is 18.2 Å². The molecule has 3 N–H and O–H groups in total. The lowest BCUT2D eigenvalue weighted by Crippen LogP contribution is -1.85. The molecule has 1 aromatic heterocycles. The Bertz CT molecular complexity index is 741. The van der Waals surface area contributed by atoms with Crippen LogP contribution in [0.15, 0.2) is 24.3 Å². The molecule has 0 atom stereocenters. The fourth-order valence-corrected chi connectivity index (χ4v) is 2.33. The molecule has 3 heteroatoms. The molecule has 0 fully saturated rings. The molecule has 3 nitrogen and oxygen atoms in total. The molecule has 86 valence electrons. The number of phenolic OH excluding ortho intramolecular Hbond substituents is 2. The maximum absolute atomic E-state index is 10.1. The molecule has 0 amide bonds. The van der Waals surface area contributed by atoms with Crippen molar-refractivity contribution in [3.8, 4) is 11.5 Å². The van der Waals surface area contributed by atoms with Crippen molar-refractivity contribution >= 4 is 21.8 Å². The second-order valence-corrected chi connectivity index (χ2v) is 4.37. The van der Waals surface area contributed by atoms with Crippen molar-refractivity contribution in [2.24, 2.45) is 0 Å². The third-order valence-corrected chi connectivity index (χ3v) is 3.46. The molecule has 3 rings (SSSR count). The Hall–Kier alpha value is -2.16. The highest BCUT2D eigenvalue weighted by atomic mass is 16.3. The van der Waals surface area contributed by atoms with Crippen LogP contribution in [0.4, 0.5) is 0 Å². The Morgan fingerprint density at radius 1 is 0.941 bits per heavy atom. The zero-order valence-electron chi connectivity index (χ0n) is 9.70. The molecule has 3 aromatic rings. The minimum absolute atomic E-state index is 0.0280. The van der Waals surface area contributed by atoms with Gasteiger partial charge in [-0.05, 0) is 31.0 Å². The van der Waals surface area contributed by atoms with Crippen LogP contribution in [0.5, 0.6) is 11.5 Å². The van der Waals surface area contributed by atoms with Crippen LogP contribution in [-0.4, -0.2) is 15.2 Å². The van der Waals surface area contributed by atoms with Gasteiger partial charge in [0.1, 0.15) is 0 Å². The molecule has 0 aliphatic heterocycles. The van der Waals surface area contributed by atoms with Crippen molar-refractivity contribution in [2.45, 2.75) is 13.8 Å². The summed E-state index contributed by atoms with van der Waals surface area (Å²) >= 11 is 0. The van der Waals surface area contributed by atoms with Crippen LogP contribution in [0, 0.1) is 13.8 Å². The van der Waals surface area contributed by atoms with Crippen molar-refractivity contribution in [2.75, 3.05) is 0 Å². The summed E-state index contributed by atoms with van der Waals surface area (Å²) in [4.78, 5) is 3.28. The fourth-order valence-electron chi connectivity index (χ4n) is 2.33. The maximum Gasteiger partial charge on any atom is 0.167 e. The monoisotopic (exact) mass is 227 g/mol. The number of phenols is 2. The van der Waals surface area contributed by atoms with E-state index in [0.29, 0.717) is 10.9 Å². The number of nitrogens with one attached hydrogen (secondary N) is 1. The topological polar surface area (TPSA) is 56.2 Å². The van der Waals surface area contributed by atoms with E-state index < -0.39 is 0 Å². The number of fused-ring (bicyclic) bond motifs is 3. The van der Waals surface area contributed by atoms with E-state index in [1.165, 1.54) is 0 Å². The molecule has 0 saturated heterocycles. The lowest BCUT2D eigenvalue weighted by molar-refractivity contribution is 0.405. The van der Waals surface area contributed by atoms with Crippen molar-refractivity contribution in [3.63, 3.8) is 0 Å². The summed E-state index contributed by atoms with van der Waals surface area (Å²) in [5.74, 6) is -0.0692. The summed E-state index contributed by atoms with van der Waals surface area (Å²) in [5, 5.41) is 21.6. The first-order valence-corrected chi connectivity index (χ1v) is 5.52. The number of aromatic nitrogens is 1. The molecule has 0 radical (unpaired) electrons. The van der Waals surface area contributed by atoms with E-state index in [-0.39, 0.29) is 11.5 Å². The van der Waals surface area contributed by atoms with E-state index in [1.54, 1.807) is 6.92 Å². The van der Waals surface area contributed by atoms with Crippen molar-refractivity contribution < 1.29 is 10.2 Å². The third kappa shape index (κ3) is 1.16. The number of hydrogen-bond acceptors (Lipinski definition) is 2. The third-order valence-electron chi connectivity index (χ3n) is 3.46. The van der Waals surface area contributed by atoms with Gasteiger partial charge < -0.3 is 15.2 Å². The van der Waals surface area contributed by atoms with Crippen molar-refractivity contribution in [1.82, 2.24) is 4.98 Å². The molecule has 0 spiro atoms. The fraction of sp³-hybridized carbons (Fsp3) is 0.143. The van der Waals surface area contributed by atoms with Crippen LogP contribution >= 0.6 is 0 Å². The highest BCUT2D eigenvalue weighted by Crippen LogP contribution is 2.42. The average Bonchev–Trinajstić information content (AvgIpc) is 2.73. The number of rotatable bonds is 0. The van der Waals surface area contributed by atoms with Crippen LogP contribution in [0.25, 0.3) is 21.8 Å². The smallest absolute Gasteiger partial charge is 0.167 e. The van der Waals surface area contributed by atoms with Gasteiger partial charge in [0.05, 0.1) is 10.9 Å².